The van der Waals surface area contributed by atoms with E-state index in [0.717, 1.165) is 72.2 Å². The van der Waals surface area contributed by atoms with Gasteiger partial charge in [0.25, 0.3) is 0 Å². The highest BCUT2D eigenvalue weighted by molar-refractivity contribution is 6.06. The summed E-state index contributed by atoms with van der Waals surface area (Å²) in [6.45, 7) is 0. The number of rotatable bonds is 5. The quantitative estimate of drug-likeness (QED) is 0.212. The average Bonchev–Trinajstić information content (AvgIpc) is 3.71. The Kier molecular flexibility index (Phi) is 6.22. The maximum Gasteiger partial charge on any atom is 0.153 e. The van der Waals surface area contributed by atoms with E-state index in [9.17, 15) is 5.11 Å². The van der Waals surface area contributed by atoms with E-state index >= 15 is 0 Å². The second kappa shape index (κ2) is 10.9. The Hall–Kier alpha value is -6.46. The minimum absolute atomic E-state index is 0.183. The summed E-state index contributed by atoms with van der Waals surface area (Å²) in [5.74, 6) is 0.860. The minimum Gasteiger partial charge on any atom is -0.507 e. The third-order valence-electron chi connectivity index (χ3n) is 8.76. The zero-order chi connectivity index (χ0) is 31.3. The maximum atomic E-state index is 10.9. The Labute approximate surface area is 270 Å². The second-order valence-corrected chi connectivity index (χ2v) is 11.6. The van der Waals surface area contributed by atoms with E-state index in [1.54, 1.807) is 6.07 Å². The predicted molar refractivity (Wildman–Crippen MR) is 190 cm³/mol. The molecular weight excluding hydrogens is 578 g/mol. The number of pyridine rings is 1. The number of aromatic nitrogens is 3. The Morgan fingerprint density at radius 3 is 2.09 bits per heavy atom. The molecule has 0 atom stereocenters. The second-order valence-electron chi connectivity index (χ2n) is 11.6. The summed E-state index contributed by atoms with van der Waals surface area (Å²) in [6.07, 6.45) is 1.82. The van der Waals surface area contributed by atoms with Gasteiger partial charge in [-0.3, -0.25) is 9.55 Å². The molecule has 9 aromatic rings. The molecule has 0 saturated heterocycles. The van der Waals surface area contributed by atoms with Crippen molar-refractivity contribution in [3.8, 4) is 56.3 Å². The molecular formula is C42H27N3O2. The van der Waals surface area contributed by atoms with Gasteiger partial charge in [-0.15, -0.1) is 0 Å². The zero-order valence-corrected chi connectivity index (χ0v) is 25.2. The molecule has 5 nitrogen and oxygen atoms in total. The summed E-state index contributed by atoms with van der Waals surface area (Å²) in [5, 5.41) is 13.0. The lowest BCUT2D eigenvalue weighted by Crippen LogP contribution is -1.97. The third-order valence-corrected chi connectivity index (χ3v) is 8.76. The van der Waals surface area contributed by atoms with Crippen LogP contribution in [0.1, 0.15) is 0 Å². The highest BCUT2D eigenvalue weighted by Crippen LogP contribution is 2.40. The summed E-state index contributed by atoms with van der Waals surface area (Å²) in [5.41, 5.74) is 11.1. The highest BCUT2D eigenvalue weighted by atomic mass is 16.3. The number of furan rings is 1. The van der Waals surface area contributed by atoms with E-state index in [1.807, 2.05) is 66.9 Å². The van der Waals surface area contributed by atoms with Crippen LogP contribution in [0.3, 0.4) is 0 Å². The van der Waals surface area contributed by atoms with Crippen LogP contribution in [0, 0.1) is 0 Å². The van der Waals surface area contributed by atoms with Crippen molar-refractivity contribution in [1.82, 2.24) is 14.5 Å². The summed E-state index contributed by atoms with van der Waals surface area (Å²) < 4.78 is 8.20. The summed E-state index contributed by atoms with van der Waals surface area (Å²) in [4.78, 5) is 10.1. The first-order chi connectivity index (χ1) is 23.2. The monoisotopic (exact) mass is 605 g/mol. The van der Waals surface area contributed by atoms with E-state index in [2.05, 4.69) is 89.5 Å². The molecule has 1 N–H and O–H groups in total. The molecule has 0 aliphatic heterocycles. The Bertz CT molecular complexity index is 2580. The zero-order valence-electron chi connectivity index (χ0n) is 25.2. The molecule has 0 fully saturated rings. The van der Waals surface area contributed by atoms with E-state index in [-0.39, 0.29) is 5.75 Å². The smallest absolute Gasteiger partial charge is 0.153 e. The van der Waals surface area contributed by atoms with Crippen molar-refractivity contribution in [3.63, 3.8) is 0 Å². The van der Waals surface area contributed by atoms with Gasteiger partial charge in [-0.1, -0.05) is 91.0 Å². The van der Waals surface area contributed by atoms with Crippen LogP contribution in [-0.4, -0.2) is 19.6 Å². The number of phenols is 1. The summed E-state index contributed by atoms with van der Waals surface area (Å²) in [6, 6.07) is 51.0. The molecule has 47 heavy (non-hydrogen) atoms. The van der Waals surface area contributed by atoms with E-state index in [1.165, 1.54) is 0 Å². The molecule has 6 aromatic carbocycles. The van der Waals surface area contributed by atoms with Crippen molar-refractivity contribution in [3.05, 3.63) is 158 Å². The molecule has 0 bridgehead atoms. The van der Waals surface area contributed by atoms with Crippen LogP contribution in [0.5, 0.6) is 5.75 Å². The molecule has 3 heterocycles. The standard InChI is InChI=1S/C42H27N3O2/c46-38-20-9-7-17-34(38)42-44-41-32(18-11-19-37(41)45(42)31-14-5-2-6-15-31)29-22-28(27-12-3-1-4-13-27)23-30(24-29)36-25-35-33-16-8-10-21-39(33)47-40(35)26-43-36/h1-26,46H. The topological polar surface area (TPSA) is 64.1 Å². The van der Waals surface area contributed by atoms with Crippen LogP contribution < -0.4 is 0 Å². The fourth-order valence-electron chi connectivity index (χ4n) is 6.53. The number of nitrogens with zero attached hydrogens (tertiary/aromatic N) is 3. The van der Waals surface area contributed by atoms with Crippen LogP contribution in [-0.2, 0) is 0 Å². The highest BCUT2D eigenvalue weighted by Gasteiger charge is 2.20. The number of phenolic OH excluding ortho intramolecular Hbond substituents is 1. The van der Waals surface area contributed by atoms with Gasteiger partial charge in [0, 0.05) is 27.6 Å². The van der Waals surface area contributed by atoms with Gasteiger partial charge in [0.1, 0.15) is 17.2 Å². The van der Waals surface area contributed by atoms with Gasteiger partial charge in [0.2, 0.25) is 0 Å². The molecule has 0 aliphatic rings. The molecule has 0 spiro atoms. The first-order valence-electron chi connectivity index (χ1n) is 15.5. The number of para-hydroxylation sites is 4. The average molecular weight is 606 g/mol. The van der Waals surface area contributed by atoms with Gasteiger partial charge in [-0.05, 0) is 77.4 Å². The van der Waals surface area contributed by atoms with Crippen molar-refractivity contribution in [1.29, 1.82) is 0 Å². The third kappa shape index (κ3) is 4.56. The van der Waals surface area contributed by atoms with Gasteiger partial charge < -0.3 is 9.52 Å². The number of fused-ring (bicyclic) bond motifs is 4. The van der Waals surface area contributed by atoms with E-state index < -0.39 is 0 Å². The van der Waals surface area contributed by atoms with Crippen LogP contribution in [0.2, 0.25) is 0 Å². The van der Waals surface area contributed by atoms with Gasteiger partial charge >= 0.3 is 0 Å². The molecule has 0 saturated carbocycles. The molecule has 9 rings (SSSR count). The van der Waals surface area contributed by atoms with Crippen LogP contribution in [0.4, 0.5) is 0 Å². The molecule has 0 radical (unpaired) electrons. The lowest BCUT2D eigenvalue weighted by Gasteiger charge is -2.12. The molecule has 0 amide bonds. The Morgan fingerprint density at radius 1 is 0.532 bits per heavy atom. The number of aromatic hydroxyl groups is 1. The fourth-order valence-corrected chi connectivity index (χ4v) is 6.53. The van der Waals surface area contributed by atoms with Crippen LogP contribution >= 0.6 is 0 Å². The van der Waals surface area contributed by atoms with Gasteiger partial charge in [-0.2, -0.15) is 0 Å². The molecule has 5 heteroatoms. The lowest BCUT2D eigenvalue weighted by molar-refractivity contribution is 0.477. The van der Waals surface area contributed by atoms with Gasteiger partial charge in [-0.25, -0.2) is 4.98 Å². The van der Waals surface area contributed by atoms with Crippen molar-refractivity contribution < 1.29 is 9.52 Å². The van der Waals surface area contributed by atoms with Crippen molar-refractivity contribution in [2.45, 2.75) is 0 Å². The van der Waals surface area contributed by atoms with Crippen molar-refractivity contribution in [2.24, 2.45) is 0 Å². The van der Waals surface area contributed by atoms with Crippen LogP contribution in [0.25, 0.3) is 83.6 Å². The summed E-state index contributed by atoms with van der Waals surface area (Å²) in [7, 11) is 0. The molecule has 222 valence electrons. The Morgan fingerprint density at radius 2 is 1.23 bits per heavy atom. The van der Waals surface area contributed by atoms with Crippen molar-refractivity contribution in [2.75, 3.05) is 0 Å². The first-order valence-corrected chi connectivity index (χ1v) is 15.5. The first kappa shape index (κ1) is 26.9. The predicted octanol–water partition coefficient (Wildman–Crippen LogP) is 10.7. The number of benzene rings is 6. The largest absolute Gasteiger partial charge is 0.507 e. The van der Waals surface area contributed by atoms with E-state index in [0.29, 0.717) is 11.4 Å². The van der Waals surface area contributed by atoms with Crippen molar-refractivity contribution >= 4 is 33.0 Å². The number of hydrogen-bond donors (Lipinski definition) is 1. The Balaban J connectivity index is 1.30. The maximum absolute atomic E-state index is 10.9. The molecule has 0 unspecified atom stereocenters. The lowest BCUT2D eigenvalue weighted by atomic mass is 9.94. The van der Waals surface area contributed by atoms with E-state index in [4.69, 9.17) is 14.4 Å². The number of hydrogen-bond acceptors (Lipinski definition) is 4. The van der Waals surface area contributed by atoms with Gasteiger partial charge in [0.15, 0.2) is 5.58 Å². The van der Waals surface area contributed by atoms with Gasteiger partial charge in [0.05, 0.1) is 28.5 Å². The number of imidazole rings is 1. The summed E-state index contributed by atoms with van der Waals surface area (Å²) >= 11 is 0. The SMILES string of the molecule is Oc1ccccc1-c1nc2c(-c3cc(-c4ccccc4)cc(-c4cc5c(cn4)oc4ccccc45)c3)cccc2n1-c1ccccc1. The minimum atomic E-state index is 0.183. The molecule has 0 aliphatic carbocycles. The van der Waals surface area contributed by atoms with Crippen LogP contribution in [0.15, 0.2) is 162 Å². The molecule has 3 aromatic heterocycles. The normalized spacial score (nSPS) is 11.5. The fraction of sp³-hybridized carbons (Fsp3) is 0.